The van der Waals surface area contributed by atoms with E-state index in [1.165, 1.54) is 11.7 Å². The van der Waals surface area contributed by atoms with Crippen LogP contribution in [0.15, 0.2) is 18.2 Å². The Hall–Kier alpha value is -1.75. The van der Waals surface area contributed by atoms with Crippen molar-refractivity contribution < 1.29 is 9.53 Å². The van der Waals surface area contributed by atoms with E-state index in [1.807, 2.05) is 0 Å². The highest BCUT2D eigenvalue weighted by atomic mass is 35.5. The second-order valence-corrected chi connectivity index (χ2v) is 3.65. The monoisotopic (exact) mass is 239 g/mol. The first kappa shape index (κ1) is 10.8. The van der Waals surface area contributed by atoms with E-state index in [4.69, 9.17) is 17.3 Å². The molecule has 5 nitrogen and oxygen atoms in total. The lowest BCUT2D eigenvalue weighted by Gasteiger charge is -2.05. The Kier molecular flexibility index (Phi) is 2.70. The number of methoxy groups -OCH3 is 1. The summed E-state index contributed by atoms with van der Waals surface area (Å²) >= 11 is 6.03. The fourth-order valence-corrected chi connectivity index (χ4v) is 1.78. The number of nitrogens with two attached hydrogens (primary N) is 1. The van der Waals surface area contributed by atoms with Crippen molar-refractivity contribution in [2.24, 2.45) is 0 Å². The SMILES string of the molecule is COC(=O)Cn1c(N)nc2cccc(Cl)c21. The molecular weight excluding hydrogens is 230 g/mol. The number of carbonyl (C=O) groups is 1. The van der Waals surface area contributed by atoms with Crippen LogP contribution in [-0.2, 0) is 16.1 Å². The quantitative estimate of drug-likeness (QED) is 0.806. The van der Waals surface area contributed by atoms with Crippen molar-refractivity contribution in [3.05, 3.63) is 23.2 Å². The zero-order valence-electron chi connectivity index (χ0n) is 8.61. The topological polar surface area (TPSA) is 70.1 Å². The van der Waals surface area contributed by atoms with E-state index in [0.717, 1.165) is 0 Å². The summed E-state index contributed by atoms with van der Waals surface area (Å²) in [5, 5.41) is 0.505. The molecule has 0 aliphatic heterocycles. The van der Waals surface area contributed by atoms with E-state index in [9.17, 15) is 4.79 Å². The van der Waals surface area contributed by atoms with Gasteiger partial charge in [0.2, 0.25) is 5.95 Å². The van der Waals surface area contributed by atoms with Gasteiger partial charge in [-0.25, -0.2) is 4.98 Å². The van der Waals surface area contributed by atoms with Crippen LogP contribution in [0.25, 0.3) is 11.0 Å². The highest BCUT2D eigenvalue weighted by Crippen LogP contribution is 2.25. The van der Waals surface area contributed by atoms with Crippen molar-refractivity contribution in [1.29, 1.82) is 0 Å². The van der Waals surface area contributed by atoms with Crippen molar-refractivity contribution in [2.45, 2.75) is 6.54 Å². The summed E-state index contributed by atoms with van der Waals surface area (Å²) in [6, 6.07) is 5.28. The maximum Gasteiger partial charge on any atom is 0.325 e. The number of para-hydroxylation sites is 1. The molecule has 6 heteroatoms. The van der Waals surface area contributed by atoms with E-state index in [-0.39, 0.29) is 12.5 Å². The molecule has 2 aromatic rings. The van der Waals surface area contributed by atoms with Gasteiger partial charge in [-0.3, -0.25) is 9.36 Å². The Morgan fingerprint density at radius 1 is 1.62 bits per heavy atom. The Labute approximate surface area is 96.8 Å². The normalized spacial score (nSPS) is 10.6. The molecule has 84 valence electrons. The van der Waals surface area contributed by atoms with E-state index in [0.29, 0.717) is 16.1 Å². The van der Waals surface area contributed by atoms with E-state index in [2.05, 4.69) is 9.72 Å². The molecule has 2 rings (SSSR count). The third-order valence-electron chi connectivity index (χ3n) is 2.26. The van der Waals surface area contributed by atoms with E-state index >= 15 is 0 Å². The Morgan fingerprint density at radius 2 is 2.38 bits per heavy atom. The van der Waals surface area contributed by atoms with Crippen molar-refractivity contribution in [2.75, 3.05) is 12.8 Å². The number of hydrogen-bond acceptors (Lipinski definition) is 4. The number of carbonyl (C=O) groups excluding carboxylic acids is 1. The molecule has 1 aromatic heterocycles. The fraction of sp³-hybridized carbons (Fsp3) is 0.200. The second-order valence-electron chi connectivity index (χ2n) is 3.24. The lowest BCUT2D eigenvalue weighted by molar-refractivity contribution is -0.141. The first-order chi connectivity index (χ1) is 7.63. The average molecular weight is 240 g/mol. The number of fused-ring (bicyclic) bond motifs is 1. The molecule has 0 bridgehead atoms. The van der Waals surface area contributed by atoms with Crippen LogP contribution in [0, 0.1) is 0 Å². The molecule has 1 heterocycles. The van der Waals surface area contributed by atoms with Gasteiger partial charge in [-0.05, 0) is 12.1 Å². The summed E-state index contributed by atoms with van der Waals surface area (Å²) in [4.78, 5) is 15.3. The highest BCUT2D eigenvalue weighted by Gasteiger charge is 2.13. The molecule has 0 fully saturated rings. The minimum absolute atomic E-state index is 0.00255. The van der Waals surface area contributed by atoms with Crippen LogP contribution in [0.3, 0.4) is 0 Å². The maximum atomic E-state index is 11.2. The van der Waals surface area contributed by atoms with Crippen LogP contribution in [0.4, 0.5) is 5.95 Å². The van der Waals surface area contributed by atoms with Crippen LogP contribution < -0.4 is 5.73 Å². The Morgan fingerprint density at radius 3 is 3.06 bits per heavy atom. The number of hydrogen-bond donors (Lipinski definition) is 1. The van der Waals surface area contributed by atoms with E-state index in [1.54, 1.807) is 18.2 Å². The number of anilines is 1. The number of ether oxygens (including phenoxy) is 1. The summed E-state index contributed by atoms with van der Waals surface area (Å²) < 4.78 is 6.11. The molecule has 0 radical (unpaired) electrons. The predicted octanol–water partition coefficient (Wildman–Crippen LogP) is 1.44. The second kappa shape index (κ2) is 4.02. The molecule has 0 aliphatic carbocycles. The number of halogens is 1. The largest absolute Gasteiger partial charge is 0.468 e. The molecule has 0 aliphatic rings. The predicted molar refractivity (Wildman–Crippen MR) is 61.2 cm³/mol. The number of nitrogens with zero attached hydrogens (tertiary/aromatic N) is 2. The third kappa shape index (κ3) is 1.69. The molecule has 0 unspecified atom stereocenters. The van der Waals surface area contributed by atoms with Crippen LogP contribution in [0.1, 0.15) is 0 Å². The first-order valence-electron chi connectivity index (χ1n) is 4.60. The van der Waals surface area contributed by atoms with Gasteiger partial charge in [0.25, 0.3) is 0 Å². The van der Waals surface area contributed by atoms with Gasteiger partial charge in [-0.2, -0.15) is 0 Å². The van der Waals surface area contributed by atoms with Gasteiger partial charge >= 0.3 is 5.97 Å². The summed E-state index contributed by atoms with van der Waals surface area (Å²) in [5.41, 5.74) is 7.02. The van der Waals surface area contributed by atoms with Gasteiger partial charge < -0.3 is 10.5 Å². The van der Waals surface area contributed by atoms with Crippen LogP contribution in [-0.4, -0.2) is 22.6 Å². The standard InChI is InChI=1S/C10H10ClN3O2/c1-16-8(15)5-14-9-6(11)3-2-4-7(9)13-10(14)12/h2-4H,5H2,1H3,(H2,12,13). The molecule has 1 aromatic carbocycles. The number of aromatic nitrogens is 2. The van der Waals surface area contributed by atoms with Crippen molar-refractivity contribution in [1.82, 2.24) is 9.55 Å². The van der Waals surface area contributed by atoms with Gasteiger partial charge in [0.05, 0.1) is 23.2 Å². The number of esters is 1. The summed E-state index contributed by atoms with van der Waals surface area (Å²) in [6.45, 7) is 0.00255. The Balaban J connectivity index is 2.59. The number of nitrogen functional groups attached to an aromatic ring is 1. The van der Waals surface area contributed by atoms with Crippen molar-refractivity contribution in [3.8, 4) is 0 Å². The minimum Gasteiger partial charge on any atom is -0.468 e. The lowest BCUT2D eigenvalue weighted by Crippen LogP contribution is -2.13. The van der Waals surface area contributed by atoms with Gasteiger partial charge in [0.1, 0.15) is 6.54 Å². The van der Waals surface area contributed by atoms with Crippen LogP contribution in [0.5, 0.6) is 0 Å². The number of imidazole rings is 1. The first-order valence-corrected chi connectivity index (χ1v) is 4.98. The molecule has 0 amide bonds. The maximum absolute atomic E-state index is 11.2. The molecule has 2 N–H and O–H groups in total. The van der Waals surface area contributed by atoms with E-state index < -0.39 is 5.97 Å². The Bertz CT molecular complexity index is 550. The number of rotatable bonds is 2. The zero-order chi connectivity index (χ0) is 11.7. The van der Waals surface area contributed by atoms with Gasteiger partial charge in [0, 0.05) is 0 Å². The van der Waals surface area contributed by atoms with Gasteiger partial charge in [-0.15, -0.1) is 0 Å². The van der Waals surface area contributed by atoms with Crippen LogP contribution >= 0.6 is 11.6 Å². The van der Waals surface area contributed by atoms with Crippen molar-refractivity contribution >= 4 is 34.6 Å². The van der Waals surface area contributed by atoms with Gasteiger partial charge in [0.15, 0.2) is 0 Å². The molecule has 0 saturated carbocycles. The lowest BCUT2D eigenvalue weighted by atomic mass is 10.3. The highest BCUT2D eigenvalue weighted by molar-refractivity contribution is 6.35. The van der Waals surface area contributed by atoms with Gasteiger partial charge in [-0.1, -0.05) is 17.7 Å². The molecule has 0 atom stereocenters. The summed E-state index contributed by atoms with van der Waals surface area (Å²) in [6.07, 6.45) is 0. The van der Waals surface area contributed by atoms with Crippen molar-refractivity contribution in [3.63, 3.8) is 0 Å². The number of benzene rings is 1. The smallest absolute Gasteiger partial charge is 0.325 e. The molecular formula is C10H10ClN3O2. The van der Waals surface area contributed by atoms with Crippen LogP contribution in [0.2, 0.25) is 5.02 Å². The molecule has 0 saturated heterocycles. The summed E-state index contributed by atoms with van der Waals surface area (Å²) in [5.74, 6) is -0.153. The third-order valence-corrected chi connectivity index (χ3v) is 2.57. The minimum atomic E-state index is -0.397. The zero-order valence-corrected chi connectivity index (χ0v) is 9.36. The molecule has 0 spiro atoms. The molecule has 16 heavy (non-hydrogen) atoms. The average Bonchev–Trinajstić information content (AvgIpc) is 2.56. The summed E-state index contributed by atoms with van der Waals surface area (Å²) in [7, 11) is 1.32. The fourth-order valence-electron chi connectivity index (χ4n) is 1.51.